The second kappa shape index (κ2) is 8.95. The van der Waals surface area contributed by atoms with E-state index in [1.165, 1.54) is 43.7 Å². The van der Waals surface area contributed by atoms with E-state index in [-0.39, 0.29) is 0 Å². The standard InChI is InChI=1S/C21H29N3/c1-23-14-10-20(11-15-23)17-24(18-21-9-5-6-13-22-21)16-12-19-7-3-2-4-8-19/h2-9,13,20H,10-12,14-18H2,1H3. The molecule has 0 radical (unpaired) electrons. The molecule has 1 aromatic heterocycles. The van der Waals surface area contributed by atoms with Gasteiger partial charge in [-0.1, -0.05) is 36.4 Å². The first-order valence-electron chi connectivity index (χ1n) is 9.14. The van der Waals surface area contributed by atoms with Crippen LogP contribution in [0.1, 0.15) is 24.1 Å². The molecule has 0 saturated carbocycles. The van der Waals surface area contributed by atoms with Crippen LogP contribution in [-0.2, 0) is 13.0 Å². The van der Waals surface area contributed by atoms with E-state index in [4.69, 9.17) is 0 Å². The molecule has 1 aliphatic heterocycles. The van der Waals surface area contributed by atoms with Gasteiger partial charge >= 0.3 is 0 Å². The predicted octanol–water partition coefficient (Wildman–Crippen LogP) is 3.47. The minimum Gasteiger partial charge on any atom is -0.306 e. The Morgan fingerprint density at radius 1 is 1.04 bits per heavy atom. The normalized spacial score (nSPS) is 16.6. The lowest BCUT2D eigenvalue weighted by Crippen LogP contribution is -2.37. The molecule has 0 atom stereocenters. The van der Waals surface area contributed by atoms with Crippen LogP contribution in [0.15, 0.2) is 54.7 Å². The van der Waals surface area contributed by atoms with Crippen molar-refractivity contribution in [3.8, 4) is 0 Å². The van der Waals surface area contributed by atoms with E-state index in [9.17, 15) is 0 Å². The lowest BCUT2D eigenvalue weighted by atomic mass is 9.96. The summed E-state index contributed by atoms with van der Waals surface area (Å²) >= 11 is 0. The summed E-state index contributed by atoms with van der Waals surface area (Å²) in [5.41, 5.74) is 2.60. The molecule has 1 fully saturated rings. The van der Waals surface area contributed by atoms with Crippen LogP contribution in [0.2, 0.25) is 0 Å². The number of piperidine rings is 1. The highest BCUT2D eigenvalue weighted by Gasteiger charge is 2.19. The molecule has 128 valence electrons. The molecule has 0 aliphatic carbocycles. The molecule has 0 spiro atoms. The highest BCUT2D eigenvalue weighted by atomic mass is 15.1. The van der Waals surface area contributed by atoms with E-state index in [1.54, 1.807) is 0 Å². The largest absolute Gasteiger partial charge is 0.306 e. The third-order valence-electron chi connectivity index (χ3n) is 5.03. The molecular weight excluding hydrogens is 294 g/mol. The highest BCUT2D eigenvalue weighted by molar-refractivity contribution is 5.15. The van der Waals surface area contributed by atoms with E-state index < -0.39 is 0 Å². The fourth-order valence-electron chi connectivity index (χ4n) is 3.50. The molecule has 1 aromatic carbocycles. The zero-order valence-electron chi connectivity index (χ0n) is 14.8. The molecule has 1 saturated heterocycles. The number of nitrogens with zero attached hydrogens (tertiary/aromatic N) is 3. The minimum atomic E-state index is 0.820. The molecule has 0 bridgehead atoms. The maximum atomic E-state index is 4.53. The van der Waals surface area contributed by atoms with E-state index in [0.717, 1.165) is 25.4 Å². The Balaban J connectivity index is 1.59. The van der Waals surface area contributed by atoms with E-state index in [0.29, 0.717) is 0 Å². The number of pyridine rings is 1. The van der Waals surface area contributed by atoms with Gasteiger partial charge in [0.2, 0.25) is 0 Å². The summed E-state index contributed by atoms with van der Waals surface area (Å²) in [5.74, 6) is 0.820. The summed E-state index contributed by atoms with van der Waals surface area (Å²) in [5, 5.41) is 0. The number of hydrogen-bond donors (Lipinski definition) is 0. The fraction of sp³-hybridized carbons (Fsp3) is 0.476. The van der Waals surface area contributed by atoms with Gasteiger partial charge in [0.25, 0.3) is 0 Å². The zero-order chi connectivity index (χ0) is 16.6. The van der Waals surface area contributed by atoms with Gasteiger partial charge in [0.1, 0.15) is 0 Å². The Kier molecular flexibility index (Phi) is 6.39. The van der Waals surface area contributed by atoms with Gasteiger partial charge in [-0.05, 0) is 63.0 Å². The van der Waals surface area contributed by atoms with Gasteiger partial charge in [-0.2, -0.15) is 0 Å². The van der Waals surface area contributed by atoms with Crippen molar-refractivity contribution < 1.29 is 0 Å². The first-order chi connectivity index (χ1) is 11.8. The maximum Gasteiger partial charge on any atom is 0.0543 e. The lowest BCUT2D eigenvalue weighted by Gasteiger charge is -2.33. The lowest BCUT2D eigenvalue weighted by molar-refractivity contribution is 0.156. The van der Waals surface area contributed by atoms with Gasteiger partial charge in [0.05, 0.1) is 5.69 Å². The molecule has 24 heavy (non-hydrogen) atoms. The van der Waals surface area contributed by atoms with Crippen molar-refractivity contribution in [1.82, 2.24) is 14.8 Å². The van der Waals surface area contributed by atoms with Crippen molar-refractivity contribution >= 4 is 0 Å². The second-order valence-electron chi connectivity index (χ2n) is 7.04. The maximum absolute atomic E-state index is 4.53. The summed E-state index contributed by atoms with van der Waals surface area (Å²) in [4.78, 5) is 9.58. The highest BCUT2D eigenvalue weighted by Crippen LogP contribution is 2.18. The van der Waals surface area contributed by atoms with Crippen molar-refractivity contribution in [2.75, 3.05) is 33.2 Å². The molecule has 1 aliphatic rings. The van der Waals surface area contributed by atoms with Gasteiger partial charge in [0, 0.05) is 25.8 Å². The fourth-order valence-corrected chi connectivity index (χ4v) is 3.50. The van der Waals surface area contributed by atoms with Crippen molar-refractivity contribution in [1.29, 1.82) is 0 Å². The van der Waals surface area contributed by atoms with Gasteiger partial charge < -0.3 is 4.90 Å². The second-order valence-corrected chi connectivity index (χ2v) is 7.04. The van der Waals surface area contributed by atoms with Crippen LogP contribution < -0.4 is 0 Å². The Morgan fingerprint density at radius 3 is 2.50 bits per heavy atom. The molecule has 2 aromatic rings. The summed E-state index contributed by atoms with van der Waals surface area (Å²) in [6, 6.07) is 17.0. The average molecular weight is 323 g/mol. The molecule has 0 unspecified atom stereocenters. The summed E-state index contributed by atoms with van der Waals surface area (Å²) in [6.45, 7) is 5.73. The summed E-state index contributed by atoms with van der Waals surface area (Å²) in [6.07, 6.45) is 5.65. The topological polar surface area (TPSA) is 19.4 Å². The molecule has 0 amide bonds. The smallest absolute Gasteiger partial charge is 0.0543 e. The van der Waals surface area contributed by atoms with Crippen LogP contribution in [-0.4, -0.2) is 48.0 Å². The Morgan fingerprint density at radius 2 is 1.79 bits per heavy atom. The number of likely N-dealkylation sites (tertiary alicyclic amines) is 1. The van der Waals surface area contributed by atoms with E-state index in [2.05, 4.69) is 64.3 Å². The molecule has 3 nitrogen and oxygen atoms in total. The van der Waals surface area contributed by atoms with Crippen molar-refractivity contribution in [3.05, 3.63) is 66.0 Å². The van der Waals surface area contributed by atoms with Crippen LogP contribution in [0.3, 0.4) is 0 Å². The van der Waals surface area contributed by atoms with Crippen molar-refractivity contribution in [2.24, 2.45) is 5.92 Å². The van der Waals surface area contributed by atoms with Crippen molar-refractivity contribution in [3.63, 3.8) is 0 Å². The van der Waals surface area contributed by atoms with Gasteiger partial charge in [-0.15, -0.1) is 0 Å². The Bertz CT molecular complexity index is 577. The van der Waals surface area contributed by atoms with Crippen LogP contribution in [0.25, 0.3) is 0 Å². The van der Waals surface area contributed by atoms with E-state index >= 15 is 0 Å². The molecule has 3 rings (SSSR count). The third-order valence-corrected chi connectivity index (χ3v) is 5.03. The van der Waals surface area contributed by atoms with Crippen LogP contribution in [0.5, 0.6) is 0 Å². The van der Waals surface area contributed by atoms with Gasteiger partial charge in [-0.25, -0.2) is 0 Å². The predicted molar refractivity (Wildman–Crippen MR) is 99.9 cm³/mol. The SMILES string of the molecule is CN1CCC(CN(CCc2ccccc2)Cc2ccccn2)CC1. The number of aromatic nitrogens is 1. The van der Waals surface area contributed by atoms with E-state index in [1.807, 2.05) is 12.3 Å². The van der Waals surface area contributed by atoms with Gasteiger partial charge in [-0.3, -0.25) is 9.88 Å². The Hall–Kier alpha value is -1.71. The molecule has 2 heterocycles. The number of rotatable bonds is 7. The third kappa shape index (κ3) is 5.43. The first kappa shape index (κ1) is 17.1. The zero-order valence-corrected chi connectivity index (χ0v) is 14.8. The van der Waals surface area contributed by atoms with Crippen LogP contribution in [0, 0.1) is 5.92 Å². The number of hydrogen-bond acceptors (Lipinski definition) is 3. The first-order valence-corrected chi connectivity index (χ1v) is 9.14. The monoisotopic (exact) mass is 323 g/mol. The molecular formula is C21H29N3. The van der Waals surface area contributed by atoms with Crippen LogP contribution >= 0.6 is 0 Å². The molecule has 3 heteroatoms. The minimum absolute atomic E-state index is 0.820. The van der Waals surface area contributed by atoms with Gasteiger partial charge in [0.15, 0.2) is 0 Å². The summed E-state index contributed by atoms with van der Waals surface area (Å²) < 4.78 is 0. The quantitative estimate of drug-likeness (QED) is 0.778. The number of benzene rings is 1. The molecule has 0 N–H and O–H groups in total. The van der Waals surface area contributed by atoms with Crippen LogP contribution in [0.4, 0.5) is 0 Å². The Labute approximate surface area is 146 Å². The van der Waals surface area contributed by atoms with Crippen molar-refractivity contribution in [2.45, 2.75) is 25.8 Å². The summed E-state index contributed by atoms with van der Waals surface area (Å²) in [7, 11) is 2.23. The average Bonchev–Trinajstić information content (AvgIpc) is 2.63.